The van der Waals surface area contributed by atoms with E-state index in [0.717, 1.165) is 37.4 Å². The summed E-state index contributed by atoms with van der Waals surface area (Å²) >= 11 is 0. The van der Waals surface area contributed by atoms with E-state index in [1.807, 2.05) is 24.3 Å². The van der Waals surface area contributed by atoms with Gasteiger partial charge < -0.3 is 14.8 Å². The molecule has 3 heteroatoms. The normalized spacial score (nSPS) is 19.1. The molecule has 1 aromatic rings. The van der Waals surface area contributed by atoms with Crippen molar-refractivity contribution in [1.29, 1.82) is 0 Å². The van der Waals surface area contributed by atoms with Gasteiger partial charge in [-0.1, -0.05) is 6.07 Å². The second-order valence-electron chi connectivity index (χ2n) is 4.48. The smallest absolute Gasteiger partial charge is 0.123 e. The van der Waals surface area contributed by atoms with Gasteiger partial charge >= 0.3 is 0 Å². The van der Waals surface area contributed by atoms with Crippen LogP contribution in [-0.4, -0.2) is 25.8 Å². The largest absolute Gasteiger partial charge is 0.497 e. The van der Waals surface area contributed by atoms with Crippen molar-refractivity contribution in [3.8, 4) is 11.5 Å². The molecule has 3 nitrogen and oxygen atoms in total. The van der Waals surface area contributed by atoms with Gasteiger partial charge in [0.1, 0.15) is 17.1 Å². The molecule has 0 unspecified atom stereocenters. The standard InChI is InChI=1S/C13H19NO2/c1-13(6-8-14-9-7-13)16-12-5-3-4-11(10-12)15-2/h3-5,10,14H,6-9H2,1-2H3. The number of benzene rings is 1. The summed E-state index contributed by atoms with van der Waals surface area (Å²) < 4.78 is 11.2. The zero-order valence-corrected chi connectivity index (χ0v) is 9.95. The molecule has 1 aromatic carbocycles. The van der Waals surface area contributed by atoms with Crippen molar-refractivity contribution in [2.75, 3.05) is 20.2 Å². The maximum absolute atomic E-state index is 6.07. The van der Waals surface area contributed by atoms with Gasteiger partial charge in [-0.3, -0.25) is 0 Å². The van der Waals surface area contributed by atoms with Crippen molar-refractivity contribution in [3.05, 3.63) is 24.3 Å². The van der Waals surface area contributed by atoms with Crippen molar-refractivity contribution in [3.63, 3.8) is 0 Å². The molecule has 1 heterocycles. The molecule has 1 fully saturated rings. The van der Waals surface area contributed by atoms with E-state index in [4.69, 9.17) is 9.47 Å². The van der Waals surface area contributed by atoms with Gasteiger partial charge in [-0.15, -0.1) is 0 Å². The number of hydrogen-bond acceptors (Lipinski definition) is 3. The summed E-state index contributed by atoms with van der Waals surface area (Å²) in [5, 5.41) is 3.34. The first-order valence-corrected chi connectivity index (χ1v) is 5.76. The molecule has 0 radical (unpaired) electrons. The van der Waals surface area contributed by atoms with Gasteiger partial charge in [0.15, 0.2) is 0 Å². The summed E-state index contributed by atoms with van der Waals surface area (Å²) in [7, 11) is 1.67. The number of piperidine rings is 1. The predicted molar refractivity (Wildman–Crippen MR) is 64.1 cm³/mol. The molecule has 0 bridgehead atoms. The molecular weight excluding hydrogens is 202 g/mol. The highest BCUT2D eigenvalue weighted by Crippen LogP contribution is 2.28. The van der Waals surface area contributed by atoms with Gasteiger partial charge in [0.25, 0.3) is 0 Å². The third-order valence-corrected chi connectivity index (χ3v) is 3.07. The van der Waals surface area contributed by atoms with E-state index in [0.29, 0.717) is 0 Å². The maximum Gasteiger partial charge on any atom is 0.123 e. The summed E-state index contributed by atoms with van der Waals surface area (Å²) in [5.41, 5.74) is -0.0440. The molecule has 1 aliphatic heterocycles. The Hall–Kier alpha value is -1.22. The van der Waals surface area contributed by atoms with E-state index >= 15 is 0 Å². The molecule has 0 spiro atoms. The SMILES string of the molecule is COc1cccc(OC2(C)CCNCC2)c1. The van der Waals surface area contributed by atoms with Crippen LogP contribution in [0.25, 0.3) is 0 Å². The van der Waals surface area contributed by atoms with Gasteiger partial charge in [0.05, 0.1) is 7.11 Å². The van der Waals surface area contributed by atoms with E-state index in [-0.39, 0.29) is 5.60 Å². The van der Waals surface area contributed by atoms with Crippen molar-refractivity contribution >= 4 is 0 Å². The Morgan fingerprint density at radius 3 is 2.56 bits per heavy atom. The highest BCUT2D eigenvalue weighted by molar-refractivity contribution is 5.33. The van der Waals surface area contributed by atoms with Crippen molar-refractivity contribution in [1.82, 2.24) is 5.32 Å². The second kappa shape index (κ2) is 4.74. The molecule has 0 amide bonds. The van der Waals surface area contributed by atoms with Gasteiger partial charge in [-0.2, -0.15) is 0 Å². The molecule has 88 valence electrons. The van der Waals surface area contributed by atoms with Gasteiger partial charge in [-0.25, -0.2) is 0 Å². The van der Waals surface area contributed by atoms with Crippen LogP contribution in [-0.2, 0) is 0 Å². The van der Waals surface area contributed by atoms with Gasteiger partial charge in [-0.05, 0) is 45.0 Å². The summed E-state index contributed by atoms with van der Waals surface area (Å²) in [6.45, 7) is 4.23. The molecule has 16 heavy (non-hydrogen) atoms. The summed E-state index contributed by atoms with van der Waals surface area (Å²) in [5.74, 6) is 1.73. The van der Waals surface area contributed by atoms with Crippen LogP contribution in [0.1, 0.15) is 19.8 Å². The number of rotatable bonds is 3. The zero-order valence-electron chi connectivity index (χ0n) is 9.95. The molecule has 0 atom stereocenters. The molecule has 2 rings (SSSR count). The quantitative estimate of drug-likeness (QED) is 0.849. The number of methoxy groups -OCH3 is 1. The minimum atomic E-state index is -0.0440. The van der Waals surface area contributed by atoms with Crippen molar-refractivity contribution < 1.29 is 9.47 Å². The fourth-order valence-electron chi connectivity index (χ4n) is 2.01. The molecule has 1 N–H and O–H groups in total. The van der Waals surface area contributed by atoms with Gasteiger partial charge in [0.2, 0.25) is 0 Å². The highest BCUT2D eigenvalue weighted by atomic mass is 16.5. The number of ether oxygens (including phenoxy) is 2. The number of hydrogen-bond donors (Lipinski definition) is 1. The van der Waals surface area contributed by atoms with E-state index in [1.165, 1.54) is 0 Å². The lowest BCUT2D eigenvalue weighted by atomic mass is 9.94. The lowest BCUT2D eigenvalue weighted by molar-refractivity contribution is 0.0554. The van der Waals surface area contributed by atoms with Crippen LogP contribution in [0.15, 0.2) is 24.3 Å². The minimum absolute atomic E-state index is 0.0440. The second-order valence-corrected chi connectivity index (χ2v) is 4.48. The van der Waals surface area contributed by atoms with Crippen LogP contribution >= 0.6 is 0 Å². The van der Waals surface area contributed by atoms with Crippen LogP contribution in [0.2, 0.25) is 0 Å². The fraction of sp³-hybridized carbons (Fsp3) is 0.538. The zero-order chi connectivity index (χ0) is 11.4. The van der Waals surface area contributed by atoms with E-state index in [1.54, 1.807) is 7.11 Å². The average Bonchev–Trinajstić information content (AvgIpc) is 2.29. The minimum Gasteiger partial charge on any atom is -0.497 e. The lowest BCUT2D eigenvalue weighted by Crippen LogP contribution is -2.43. The Bertz CT molecular complexity index is 346. The average molecular weight is 221 g/mol. The molecule has 1 aliphatic rings. The molecule has 0 aliphatic carbocycles. The Morgan fingerprint density at radius 1 is 1.19 bits per heavy atom. The van der Waals surface area contributed by atoms with Crippen LogP contribution in [0.3, 0.4) is 0 Å². The first-order chi connectivity index (χ1) is 7.72. The van der Waals surface area contributed by atoms with Crippen molar-refractivity contribution in [2.45, 2.75) is 25.4 Å². The molecule has 0 saturated carbocycles. The maximum atomic E-state index is 6.07. The highest BCUT2D eigenvalue weighted by Gasteiger charge is 2.28. The molecular formula is C13H19NO2. The molecule has 1 saturated heterocycles. The third-order valence-electron chi connectivity index (χ3n) is 3.07. The number of nitrogens with one attached hydrogen (secondary N) is 1. The first-order valence-electron chi connectivity index (χ1n) is 5.76. The van der Waals surface area contributed by atoms with Crippen LogP contribution < -0.4 is 14.8 Å². The Labute approximate surface area is 96.8 Å². The monoisotopic (exact) mass is 221 g/mol. The third kappa shape index (κ3) is 2.67. The topological polar surface area (TPSA) is 30.5 Å². The van der Waals surface area contributed by atoms with Gasteiger partial charge in [0, 0.05) is 6.07 Å². The van der Waals surface area contributed by atoms with Crippen molar-refractivity contribution in [2.24, 2.45) is 0 Å². The Balaban J connectivity index is 2.07. The summed E-state index contributed by atoms with van der Waals surface area (Å²) in [6.07, 6.45) is 2.09. The lowest BCUT2D eigenvalue weighted by Gasteiger charge is -2.34. The summed E-state index contributed by atoms with van der Waals surface area (Å²) in [6, 6.07) is 7.80. The van der Waals surface area contributed by atoms with Crippen LogP contribution in [0, 0.1) is 0 Å². The fourth-order valence-corrected chi connectivity index (χ4v) is 2.01. The van der Waals surface area contributed by atoms with Crippen LogP contribution in [0.5, 0.6) is 11.5 Å². The van der Waals surface area contributed by atoms with E-state index in [2.05, 4.69) is 12.2 Å². The predicted octanol–water partition coefficient (Wildman–Crippen LogP) is 2.22. The van der Waals surface area contributed by atoms with E-state index < -0.39 is 0 Å². The van der Waals surface area contributed by atoms with Crippen LogP contribution in [0.4, 0.5) is 0 Å². The Morgan fingerprint density at radius 2 is 1.88 bits per heavy atom. The first kappa shape index (κ1) is 11.3. The van der Waals surface area contributed by atoms with E-state index in [9.17, 15) is 0 Å². The Kier molecular flexibility index (Phi) is 3.34. The molecule has 0 aromatic heterocycles. The summed E-state index contributed by atoms with van der Waals surface area (Å²) in [4.78, 5) is 0.